The van der Waals surface area contributed by atoms with Crippen molar-refractivity contribution in [2.45, 2.75) is 6.92 Å². The molecule has 0 aliphatic carbocycles. The van der Waals surface area contributed by atoms with E-state index in [1.54, 1.807) is 18.2 Å². The summed E-state index contributed by atoms with van der Waals surface area (Å²) >= 11 is 6.02. The minimum Gasteiger partial charge on any atom is -0.492 e. The Bertz CT molecular complexity index is 579. The van der Waals surface area contributed by atoms with Gasteiger partial charge in [-0.2, -0.15) is 0 Å². The number of hydrogen-bond acceptors (Lipinski definition) is 4. The van der Waals surface area contributed by atoms with Gasteiger partial charge in [0, 0.05) is 5.56 Å². The summed E-state index contributed by atoms with van der Waals surface area (Å²) in [6, 6.07) is 5.00. The lowest BCUT2D eigenvalue weighted by Gasteiger charge is -2.05. The molecule has 0 fully saturated rings. The van der Waals surface area contributed by atoms with Crippen LogP contribution in [0.3, 0.4) is 0 Å². The highest BCUT2D eigenvalue weighted by atomic mass is 35.5. The van der Waals surface area contributed by atoms with E-state index in [2.05, 4.69) is 4.98 Å². The number of carboxylic acids is 1. The normalized spacial score (nSPS) is 10.3. The molecule has 0 aliphatic heterocycles. The monoisotopic (exact) mass is 267 g/mol. The number of hydrogen-bond donors (Lipinski definition) is 1. The summed E-state index contributed by atoms with van der Waals surface area (Å²) in [5.41, 5.74) is 0.450. The lowest BCUT2D eigenvalue weighted by Crippen LogP contribution is -1.95. The summed E-state index contributed by atoms with van der Waals surface area (Å²) in [4.78, 5) is 14.5. The Hall–Kier alpha value is -2.01. The maximum Gasteiger partial charge on any atom is 0.357 e. The Morgan fingerprint density at radius 1 is 1.56 bits per heavy atom. The maximum atomic E-state index is 10.7. The van der Waals surface area contributed by atoms with Crippen LogP contribution in [0, 0.1) is 0 Å². The first kappa shape index (κ1) is 12.4. The first-order valence-electron chi connectivity index (χ1n) is 5.23. The van der Waals surface area contributed by atoms with E-state index in [1.165, 1.54) is 0 Å². The molecule has 1 aromatic carbocycles. The van der Waals surface area contributed by atoms with Crippen LogP contribution in [-0.2, 0) is 0 Å². The summed E-state index contributed by atoms with van der Waals surface area (Å²) < 4.78 is 10.4. The van der Waals surface area contributed by atoms with Crippen LogP contribution in [0.4, 0.5) is 0 Å². The number of halogens is 1. The fourth-order valence-electron chi connectivity index (χ4n) is 1.41. The molecule has 94 valence electrons. The number of aromatic nitrogens is 1. The molecule has 2 aromatic rings. The number of aromatic carboxylic acids is 1. The van der Waals surface area contributed by atoms with E-state index in [-0.39, 0.29) is 11.6 Å². The zero-order valence-corrected chi connectivity index (χ0v) is 10.3. The first-order chi connectivity index (χ1) is 8.61. The van der Waals surface area contributed by atoms with Crippen molar-refractivity contribution in [1.29, 1.82) is 0 Å². The van der Waals surface area contributed by atoms with Crippen molar-refractivity contribution in [2.24, 2.45) is 0 Å². The number of benzene rings is 1. The summed E-state index contributed by atoms with van der Waals surface area (Å²) in [7, 11) is 0. The quantitative estimate of drug-likeness (QED) is 0.921. The Morgan fingerprint density at radius 2 is 2.33 bits per heavy atom. The van der Waals surface area contributed by atoms with E-state index in [9.17, 15) is 4.79 Å². The van der Waals surface area contributed by atoms with Gasteiger partial charge in [-0.05, 0) is 25.1 Å². The topological polar surface area (TPSA) is 72.6 Å². The molecule has 6 heteroatoms. The van der Waals surface area contributed by atoms with E-state index >= 15 is 0 Å². The lowest BCUT2D eigenvalue weighted by atomic mass is 10.2. The van der Waals surface area contributed by atoms with Crippen molar-refractivity contribution in [3.8, 4) is 17.2 Å². The highest BCUT2D eigenvalue weighted by molar-refractivity contribution is 6.32. The summed E-state index contributed by atoms with van der Waals surface area (Å²) in [5, 5.41) is 9.17. The average molecular weight is 268 g/mol. The highest BCUT2D eigenvalue weighted by Crippen LogP contribution is 2.30. The van der Waals surface area contributed by atoms with Crippen LogP contribution in [-0.4, -0.2) is 22.7 Å². The summed E-state index contributed by atoms with van der Waals surface area (Å²) in [6.07, 6.45) is 1.09. The molecule has 0 spiro atoms. The highest BCUT2D eigenvalue weighted by Gasteiger charge is 2.13. The molecule has 5 nitrogen and oxygen atoms in total. The first-order valence-corrected chi connectivity index (χ1v) is 5.61. The van der Waals surface area contributed by atoms with Crippen LogP contribution >= 0.6 is 11.6 Å². The van der Waals surface area contributed by atoms with Gasteiger partial charge in [0.1, 0.15) is 12.0 Å². The van der Waals surface area contributed by atoms with Crippen molar-refractivity contribution in [3.05, 3.63) is 35.2 Å². The molecule has 0 amide bonds. The number of carbonyl (C=O) groups is 1. The number of nitrogens with zero attached hydrogens (tertiary/aromatic N) is 1. The molecule has 1 heterocycles. The van der Waals surface area contributed by atoms with Crippen LogP contribution in [0.25, 0.3) is 11.5 Å². The van der Waals surface area contributed by atoms with Gasteiger partial charge in [-0.25, -0.2) is 9.78 Å². The van der Waals surface area contributed by atoms with Crippen molar-refractivity contribution in [3.63, 3.8) is 0 Å². The third-order valence-corrected chi connectivity index (χ3v) is 2.50. The van der Waals surface area contributed by atoms with E-state index in [0.29, 0.717) is 22.9 Å². The molecule has 0 saturated heterocycles. The second kappa shape index (κ2) is 5.10. The largest absolute Gasteiger partial charge is 0.492 e. The second-order valence-corrected chi connectivity index (χ2v) is 3.83. The number of rotatable bonds is 4. The van der Waals surface area contributed by atoms with E-state index in [0.717, 1.165) is 6.26 Å². The van der Waals surface area contributed by atoms with Crippen LogP contribution in [0.15, 0.2) is 28.9 Å². The summed E-state index contributed by atoms with van der Waals surface area (Å²) in [5.74, 6) is -0.368. The zero-order valence-electron chi connectivity index (χ0n) is 9.51. The summed E-state index contributed by atoms with van der Waals surface area (Å²) in [6.45, 7) is 2.37. The zero-order chi connectivity index (χ0) is 13.1. The molecule has 0 atom stereocenters. The third-order valence-electron chi connectivity index (χ3n) is 2.20. The van der Waals surface area contributed by atoms with Crippen LogP contribution in [0.5, 0.6) is 5.75 Å². The Morgan fingerprint density at radius 3 is 2.89 bits per heavy atom. The lowest BCUT2D eigenvalue weighted by molar-refractivity contribution is 0.0690. The number of carboxylic acid groups (broad SMARTS) is 1. The smallest absolute Gasteiger partial charge is 0.357 e. The Labute approximate surface area is 108 Å². The molecule has 0 saturated carbocycles. The molecule has 0 aliphatic rings. The minimum atomic E-state index is -1.14. The van der Waals surface area contributed by atoms with E-state index in [4.69, 9.17) is 25.9 Å². The van der Waals surface area contributed by atoms with Gasteiger partial charge in [0.25, 0.3) is 0 Å². The van der Waals surface area contributed by atoms with E-state index in [1.807, 2.05) is 6.92 Å². The predicted octanol–water partition coefficient (Wildman–Crippen LogP) is 3.09. The van der Waals surface area contributed by atoms with Gasteiger partial charge in [0.2, 0.25) is 5.89 Å². The molecule has 18 heavy (non-hydrogen) atoms. The molecule has 0 radical (unpaired) electrons. The fraction of sp³-hybridized carbons (Fsp3) is 0.167. The van der Waals surface area contributed by atoms with Gasteiger partial charge in [0.05, 0.1) is 11.6 Å². The van der Waals surface area contributed by atoms with Gasteiger partial charge < -0.3 is 14.3 Å². The van der Waals surface area contributed by atoms with Crippen molar-refractivity contribution in [1.82, 2.24) is 4.98 Å². The molecule has 0 unspecified atom stereocenters. The molecule has 2 rings (SSSR count). The van der Waals surface area contributed by atoms with Gasteiger partial charge in [-0.3, -0.25) is 0 Å². The molecular formula is C12H10ClNO4. The standard InChI is InChI=1S/C12H10ClNO4/c1-2-17-10-4-3-7(5-8(10)13)11-14-9(6-18-11)12(15)16/h3-6H,2H2,1H3,(H,15,16). The molecule has 0 bridgehead atoms. The van der Waals surface area contributed by atoms with Crippen molar-refractivity contribution in [2.75, 3.05) is 6.61 Å². The molecule has 1 aromatic heterocycles. The molecular weight excluding hydrogens is 258 g/mol. The average Bonchev–Trinajstić information content (AvgIpc) is 2.81. The van der Waals surface area contributed by atoms with Crippen LogP contribution < -0.4 is 4.74 Å². The third kappa shape index (κ3) is 2.46. The van der Waals surface area contributed by atoms with Gasteiger partial charge >= 0.3 is 5.97 Å². The van der Waals surface area contributed by atoms with E-state index < -0.39 is 5.97 Å². The number of ether oxygens (including phenoxy) is 1. The number of oxazole rings is 1. The van der Waals surface area contributed by atoms with Gasteiger partial charge in [-0.15, -0.1) is 0 Å². The predicted molar refractivity (Wildman–Crippen MR) is 65.1 cm³/mol. The Kier molecular flexibility index (Phi) is 3.53. The Balaban J connectivity index is 2.33. The van der Waals surface area contributed by atoms with Crippen LogP contribution in [0.2, 0.25) is 5.02 Å². The van der Waals surface area contributed by atoms with Crippen molar-refractivity contribution >= 4 is 17.6 Å². The maximum absolute atomic E-state index is 10.7. The molecule has 1 N–H and O–H groups in total. The fourth-order valence-corrected chi connectivity index (χ4v) is 1.65. The second-order valence-electron chi connectivity index (χ2n) is 3.42. The van der Waals surface area contributed by atoms with Crippen LogP contribution in [0.1, 0.15) is 17.4 Å². The van der Waals surface area contributed by atoms with Gasteiger partial charge in [-0.1, -0.05) is 11.6 Å². The van der Waals surface area contributed by atoms with Gasteiger partial charge in [0.15, 0.2) is 5.69 Å². The minimum absolute atomic E-state index is 0.144. The SMILES string of the molecule is CCOc1ccc(-c2nc(C(=O)O)co2)cc1Cl. The van der Waals surface area contributed by atoms with Crippen molar-refractivity contribution < 1.29 is 19.1 Å².